The molecule has 0 aliphatic rings. The summed E-state index contributed by atoms with van der Waals surface area (Å²) in [6.07, 6.45) is 0. The molecule has 1 heterocycles. The summed E-state index contributed by atoms with van der Waals surface area (Å²) in [5.74, 6) is 0. The number of aliphatic hydroxyl groups excluding tert-OH is 1. The molecule has 0 aliphatic heterocycles. The highest BCUT2D eigenvalue weighted by atomic mass is 79.9. The molecule has 0 aromatic carbocycles. The fraction of sp³-hybridized carbons (Fsp3) is 0.333. The minimum atomic E-state index is -0.213. The van der Waals surface area contributed by atoms with E-state index in [0.717, 1.165) is 8.66 Å². The first-order chi connectivity index (χ1) is 4.83. The molecule has 0 saturated carbocycles. The van der Waals surface area contributed by atoms with E-state index in [0.29, 0.717) is 6.61 Å². The smallest absolute Gasteiger partial charge is 0.144 e. The van der Waals surface area contributed by atoms with Gasteiger partial charge in [-0.15, -0.1) is 11.3 Å². The minimum absolute atomic E-state index is 0.213. The van der Waals surface area contributed by atoms with Crippen molar-refractivity contribution in [2.45, 2.75) is 6.61 Å². The van der Waals surface area contributed by atoms with Crippen molar-refractivity contribution >= 4 is 27.3 Å². The van der Waals surface area contributed by atoms with E-state index in [-0.39, 0.29) is 6.79 Å². The van der Waals surface area contributed by atoms with Crippen LogP contribution < -0.4 is 0 Å². The van der Waals surface area contributed by atoms with Crippen LogP contribution in [0.2, 0.25) is 0 Å². The van der Waals surface area contributed by atoms with Gasteiger partial charge in [-0.2, -0.15) is 0 Å². The lowest BCUT2D eigenvalue weighted by molar-refractivity contribution is -0.0101. The summed E-state index contributed by atoms with van der Waals surface area (Å²) in [5, 5.41) is 8.31. The maximum Gasteiger partial charge on any atom is 0.144 e. The van der Waals surface area contributed by atoms with E-state index in [4.69, 9.17) is 9.84 Å². The van der Waals surface area contributed by atoms with E-state index in [9.17, 15) is 0 Å². The molecule has 56 valence electrons. The predicted molar refractivity (Wildman–Crippen MR) is 43.9 cm³/mol. The molecule has 2 nitrogen and oxygen atoms in total. The Morgan fingerprint density at radius 2 is 2.40 bits per heavy atom. The zero-order chi connectivity index (χ0) is 7.40. The number of rotatable bonds is 3. The van der Waals surface area contributed by atoms with Crippen LogP contribution >= 0.6 is 27.3 Å². The van der Waals surface area contributed by atoms with Crippen molar-refractivity contribution < 1.29 is 9.84 Å². The minimum Gasteiger partial charge on any atom is -0.371 e. The van der Waals surface area contributed by atoms with Crippen molar-refractivity contribution in [1.82, 2.24) is 0 Å². The van der Waals surface area contributed by atoms with Gasteiger partial charge in [0.25, 0.3) is 0 Å². The molecule has 4 heteroatoms. The van der Waals surface area contributed by atoms with Gasteiger partial charge in [-0.05, 0) is 28.1 Å². The molecule has 1 aromatic rings. The molecule has 0 spiro atoms. The molecule has 1 rings (SSSR count). The lowest BCUT2D eigenvalue weighted by atomic mass is 10.5. The van der Waals surface area contributed by atoms with Crippen LogP contribution in [0.15, 0.2) is 15.9 Å². The van der Waals surface area contributed by atoms with E-state index in [1.54, 1.807) is 11.3 Å². The Labute approximate surface area is 71.6 Å². The summed E-state index contributed by atoms with van der Waals surface area (Å²) in [6, 6.07) is 3.92. The summed E-state index contributed by atoms with van der Waals surface area (Å²) in [7, 11) is 0. The number of hydrogen-bond donors (Lipinski definition) is 1. The third kappa shape index (κ3) is 2.38. The second-order valence-electron chi connectivity index (χ2n) is 1.68. The molecule has 0 atom stereocenters. The Kier molecular flexibility index (Phi) is 3.34. The first-order valence-corrected chi connectivity index (χ1v) is 4.36. The molecule has 0 bridgehead atoms. The van der Waals surface area contributed by atoms with Crippen LogP contribution in [0.3, 0.4) is 0 Å². The Bertz CT molecular complexity index is 199. The molecule has 1 N–H and O–H groups in total. The van der Waals surface area contributed by atoms with Gasteiger partial charge in [0.05, 0.1) is 10.4 Å². The zero-order valence-corrected chi connectivity index (χ0v) is 7.61. The quantitative estimate of drug-likeness (QED) is 0.794. The third-order valence-corrected chi connectivity index (χ3v) is 2.56. The van der Waals surface area contributed by atoms with Crippen LogP contribution in [-0.2, 0) is 11.3 Å². The summed E-state index contributed by atoms with van der Waals surface area (Å²) in [4.78, 5) is 1.11. The Morgan fingerprint density at radius 3 is 2.90 bits per heavy atom. The van der Waals surface area contributed by atoms with Crippen LogP contribution in [0, 0.1) is 0 Å². The number of halogens is 1. The highest BCUT2D eigenvalue weighted by Crippen LogP contribution is 2.22. The van der Waals surface area contributed by atoms with Crippen LogP contribution in [0.5, 0.6) is 0 Å². The van der Waals surface area contributed by atoms with Crippen molar-refractivity contribution in [2.24, 2.45) is 0 Å². The standard InChI is InChI=1S/C6H7BrO2S/c7-6-2-1-5(10-6)3-9-4-8/h1-2,8H,3-4H2. The molecular formula is C6H7BrO2S. The highest BCUT2D eigenvalue weighted by Gasteiger charge is 1.95. The molecule has 0 fully saturated rings. The molecule has 10 heavy (non-hydrogen) atoms. The monoisotopic (exact) mass is 222 g/mol. The van der Waals surface area contributed by atoms with Gasteiger partial charge in [0, 0.05) is 4.88 Å². The summed E-state index contributed by atoms with van der Waals surface area (Å²) in [5.41, 5.74) is 0. The molecular weight excluding hydrogens is 216 g/mol. The number of thiophene rings is 1. The van der Waals surface area contributed by atoms with Crippen LogP contribution in [0.4, 0.5) is 0 Å². The van der Waals surface area contributed by atoms with Crippen LogP contribution in [-0.4, -0.2) is 11.9 Å². The molecule has 0 aliphatic carbocycles. The van der Waals surface area contributed by atoms with E-state index >= 15 is 0 Å². The maximum atomic E-state index is 8.31. The fourth-order valence-corrected chi connectivity index (χ4v) is 2.00. The van der Waals surface area contributed by atoms with Crippen LogP contribution in [0.25, 0.3) is 0 Å². The Morgan fingerprint density at radius 1 is 1.60 bits per heavy atom. The van der Waals surface area contributed by atoms with E-state index in [1.807, 2.05) is 12.1 Å². The second kappa shape index (κ2) is 4.08. The average Bonchev–Trinajstić information content (AvgIpc) is 2.31. The van der Waals surface area contributed by atoms with Gasteiger partial charge in [0.15, 0.2) is 0 Å². The summed E-state index contributed by atoms with van der Waals surface area (Å²) < 4.78 is 5.87. The van der Waals surface area contributed by atoms with Gasteiger partial charge in [-0.25, -0.2) is 0 Å². The normalized spacial score (nSPS) is 10.2. The first kappa shape index (κ1) is 8.20. The maximum absolute atomic E-state index is 8.31. The summed E-state index contributed by atoms with van der Waals surface area (Å²) >= 11 is 4.93. The fourth-order valence-electron chi connectivity index (χ4n) is 0.576. The number of hydrogen-bond acceptors (Lipinski definition) is 3. The van der Waals surface area contributed by atoms with Crippen molar-refractivity contribution in [3.63, 3.8) is 0 Å². The van der Waals surface area contributed by atoms with E-state index in [2.05, 4.69) is 15.9 Å². The van der Waals surface area contributed by atoms with Gasteiger partial charge >= 0.3 is 0 Å². The molecule has 0 unspecified atom stereocenters. The van der Waals surface area contributed by atoms with E-state index in [1.165, 1.54) is 0 Å². The van der Waals surface area contributed by atoms with Crippen molar-refractivity contribution in [3.8, 4) is 0 Å². The number of ether oxygens (including phenoxy) is 1. The van der Waals surface area contributed by atoms with Crippen LogP contribution in [0.1, 0.15) is 4.88 Å². The third-order valence-electron chi connectivity index (χ3n) is 0.964. The van der Waals surface area contributed by atoms with Gasteiger partial charge in [0.2, 0.25) is 0 Å². The molecule has 0 radical (unpaired) electrons. The molecule has 1 aromatic heterocycles. The zero-order valence-electron chi connectivity index (χ0n) is 5.21. The van der Waals surface area contributed by atoms with Crippen molar-refractivity contribution in [2.75, 3.05) is 6.79 Å². The molecule has 0 amide bonds. The lowest BCUT2D eigenvalue weighted by Crippen LogP contribution is -1.90. The lowest BCUT2D eigenvalue weighted by Gasteiger charge is -1.93. The molecule has 0 saturated heterocycles. The predicted octanol–water partition coefficient (Wildman–Crippen LogP) is 1.98. The summed E-state index contributed by atoms with van der Waals surface area (Å²) in [6.45, 7) is 0.280. The first-order valence-electron chi connectivity index (χ1n) is 2.76. The highest BCUT2D eigenvalue weighted by molar-refractivity contribution is 9.11. The van der Waals surface area contributed by atoms with Crippen molar-refractivity contribution in [1.29, 1.82) is 0 Å². The SMILES string of the molecule is OCOCc1ccc(Br)s1. The van der Waals surface area contributed by atoms with Gasteiger partial charge in [-0.3, -0.25) is 0 Å². The Hall–Kier alpha value is 0.1000. The second-order valence-corrected chi connectivity index (χ2v) is 4.23. The van der Waals surface area contributed by atoms with E-state index < -0.39 is 0 Å². The van der Waals surface area contributed by atoms with Crippen molar-refractivity contribution in [3.05, 3.63) is 20.8 Å². The largest absolute Gasteiger partial charge is 0.371 e. The van der Waals surface area contributed by atoms with Gasteiger partial charge in [0.1, 0.15) is 6.79 Å². The van der Waals surface area contributed by atoms with Gasteiger partial charge in [-0.1, -0.05) is 0 Å². The average molecular weight is 223 g/mol. The Balaban J connectivity index is 2.42. The van der Waals surface area contributed by atoms with Gasteiger partial charge < -0.3 is 9.84 Å². The topological polar surface area (TPSA) is 29.5 Å². The number of aliphatic hydroxyl groups is 1.